The molecule has 3 nitrogen and oxygen atoms in total. The Labute approximate surface area is 98.8 Å². The Bertz CT molecular complexity index is 659. The molecule has 1 amide bonds. The van der Waals surface area contributed by atoms with Gasteiger partial charge in [-0.05, 0) is 31.0 Å². The summed E-state index contributed by atoms with van der Waals surface area (Å²) in [7, 11) is 0. The van der Waals surface area contributed by atoms with Crippen molar-refractivity contribution >= 4 is 28.1 Å². The van der Waals surface area contributed by atoms with Crippen molar-refractivity contribution in [1.29, 1.82) is 0 Å². The summed E-state index contributed by atoms with van der Waals surface area (Å²) in [6, 6.07) is 10.1. The number of amides is 1. The lowest BCUT2D eigenvalue weighted by atomic mass is 10.0. The van der Waals surface area contributed by atoms with Crippen molar-refractivity contribution in [3.05, 3.63) is 35.9 Å². The minimum atomic E-state index is 0.138. The largest absolute Gasteiger partial charge is 0.398 e. The molecule has 4 rings (SSSR count). The van der Waals surface area contributed by atoms with Gasteiger partial charge in [0.05, 0.1) is 5.69 Å². The third kappa shape index (κ3) is 1.04. The number of carbonyl (C=O) groups is 1. The second-order valence-corrected chi connectivity index (χ2v) is 4.81. The molecule has 0 unspecified atom stereocenters. The Morgan fingerprint density at radius 1 is 1.18 bits per heavy atom. The van der Waals surface area contributed by atoms with Crippen LogP contribution in [0.2, 0.25) is 0 Å². The van der Waals surface area contributed by atoms with Gasteiger partial charge in [-0.3, -0.25) is 4.79 Å². The molecule has 0 atom stereocenters. The molecule has 1 saturated carbocycles. The molecule has 3 heteroatoms. The lowest BCUT2D eigenvalue weighted by molar-refractivity contribution is 0.0991. The van der Waals surface area contributed by atoms with Crippen molar-refractivity contribution < 1.29 is 4.79 Å². The molecule has 0 saturated heterocycles. The van der Waals surface area contributed by atoms with E-state index in [0.717, 1.165) is 40.6 Å². The Morgan fingerprint density at radius 2 is 2.00 bits per heavy atom. The first-order valence-electron chi connectivity index (χ1n) is 5.92. The monoisotopic (exact) mass is 224 g/mol. The SMILES string of the molecule is Nc1ccc2c3c(cccc13)C(=O)N2C1CC1. The fraction of sp³-hybridized carbons (Fsp3) is 0.214. The highest BCUT2D eigenvalue weighted by Crippen LogP contribution is 2.44. The van der Waals surface area contributed by atoms with E-state index in [9.17, 15) is 4.79 Å². The van der Waals surface area contributed by atoms with Crippen LogP contribution in [0.3, 0.4) is 0 Å². The molecule has 2 aliphatic rings. The molecule has 2 N–H and O–H groups in total. The fourth-order valence-corrected chi connectivity index (χ4v) is 2.72. The molecular weight excluding hydrogens is 212 g/mol. The third-order valence-electron chi connectivity index (χ3n) is 3.67. The van der Waals surface area contributed by atoms with E-state index in [4.69, 9.17) is 5.73 Å². The quantitative estimate of drug-likeness (QED) is 0.756. The Morgan fingerprint density at radius 3 is 2.76 bits per heavy atom. The van der Waals surface area contributed by atoms with Gasteiger partial charge in [0.25, 0.3) is 5.91 Å². The molecule has 2 aromatic rings. The van der Waals surface area contributed by atoms with Crippen molar-refractivity contribution in [3.8, 4) is 0 Å². The molecule has 2 aromatic carbocycles. The van der Waals surface area contributed by atoms with Crippen LogP contribution in [0.4, 0.5) is 11.4 Å². The summed E-state index contributed by atoms with van der Waals surface area (Å²) in [6.07, 6.45) is 2.23. The van der Waals surface area contributed by atoms with Crippen LogP contribution in [0.5, 0.6) is 0 Å². The number of rotatable bonds is 1. The highest BCUT2D eigenvalue weighted by atomic mass is 16.2. The summed E-state index contributed by atoms with van der Waals surface area (Å²) < 4.78 is 0. The number of hydrogen-bond acceptors (Lipinski definition) is 2. The van der Waals surface area contributed by atoms with Gasteiger partial charge >= 0.3 is 0 Å². The summed E-state index contributed by atoms with van der Waals surface area (Å²) in [6.45, 7) is 0. The first-order chi connectivity index (χ1) is 8.27. The molecule has 0 bridgehead atoms. The van der Waals surface area contributed by atoms with Crippen LogP contribution < -0.4 is 10.6 Å². The first-order valence-corrected chi connectivity index (χ1v) is 5.92. The maximum Gasteiger partial charge on any atom is 0.259 e. The summed E-state index contributed by atoms with van der Waals surface area (Å²) in [5.41, 5.74) is 8.56. The lowest BCUT2D eigenvalue weighted by Crippen LogP contribution is -2.28. The zero-order valence-corrected chi connectivity index (χ0v) is 9.31. The third-order valence-corrected chi connectivity index (χ3v) is 3.67. The van der Waals surface area contributed by atoms with Crippen LogP contribution in [0, 0.1) is 0 Å². The molecule has 0 spiro atoms. The van der Waals surface area contributed by atoms with E-state index >= 15 is 0 Å². The first kappa shape index (κ1) is 9.05. The van der Waals surface area contributed by atoms with Gasteiger partial charge in [0, 0.05) is 28.1 Å². The van der Waals surface area contributed by atoms with E-state index in [1.165, 1.54) is 0 Å². The van der Waals surface area contributed by atoms with Gasteiger partial charge in [-0.1, -0.05) is 12.1 Å². The van der Waals surface area contributed by atoms with E-state index < -0.39 is 0 Å². The maximum atomic E-state index is 12.4. The smallest absolute Gasteiger partial charge is 0.259 e. The zero-order chi connectivity index (χ0) is 11.6. The Kier molecular flexibility index (Phi) is 1.49. The van der Waals surface area contributed by atoms with E-state index in [-0.39, 0.29) is 5.91 Å². The summed E-state index contributed by atoms with van der Waals surface area (Å²) in [5.74, 6) is 0.138. The van der Waals surface area contributed by atoms with E-state index in [1.807, 2.05) is 35.2 Å². The number of anilines is 2. The van der Waals surface area contributed by atoms with Crippen molar-refractivity contribution in [2.24, 2.45) is 0 Å². The Hall–Kier alpha value is -2.03. The van der Waals surface area contributed by atoms with Crippen molar-refractivity contribution in [2.75, 3.05) is 10.6 Å². The van der Waals surface area contributed by atoms with Gasteiger partial charge in [-0.25, -0.2) is 0 Å². The van der Waals surface area contributed by atoms with Crippen molar-refractivity contribution in [3.63, 3.8) is 0 Å². The standard InChI is InChI=1S/C14H12N2O/c15-11-6-7-12-13-9(11)2-1-3-10(13)14(17)16(12)8-4-5-8/h1-3,6-8H,4-5,15H2. The molecule has 1 aliphatic carbocycles. The number of nitrogens with zero attached hydrogens (tertiary/aromatic N) is 1. The van der Waals surface area contributed by atoms with Gasteiger partial charge in [0.15, 0.2) is 0 Å². The zero-order valence-electron chi connectivity index (χ0n) is 9.31. The summed E-state index contributed by atoms with van der Waals surface area (Å²) in [5, 5.41) is 2.03. The number of hydrogen-bond donors (Lipinski definition) is 1. The van der Waals surface area contributed by atoms with Gasteiger partial charge in [0.2, 0.25) is 0 Å². The van der Waals surface area contributed by atoms with Gasteiger partial charge < -0.3 is 10.6 Å². The normalized spacial score (nSPS) is 18.1. The fourth-order valence-electron chi connectivity index (χ4n) is 2.72. The van der Waals surface area contributed by atoms with Gasteiger partial charge in [0.1, 0.15) is 0 Å². The average molecular weight is 224 g/mol. The van der Waals surface area contributed by atoms with Crippen LogP contribution in [-0.2, 0) is 0 Å². The number of carbonyl (C=O) groups excluding carboxylic acids is 1. The number of benzene rings is 2. The van der Waals surface area contributed by atoms with Crippen LogP contribution in [-0.4, -0.2) is 11.9 Å². The second kappa shape index (κ2) is 2.80. The van der Waals surface area contributed by atoms with E-state index in [0.29, 0.717) is 6.04 Å². The minimum absolute atomic E-state index is 0.138. The lowest BCUT2D eigenvalue weighted by Gasteiger charge is -2.16. The molecule has 1 heterocycles. The highest BCUT2D eigenvalue weighted by molar-refractivity contribution is 6.26. The average Bonchev–Trinajstić information content (AvgIpc) is 3.12. The van der Waals surface area contributed by atoms with Crippen molar-refractivity contribution in [1.82, 2.24) is 0 Å². The van der Waals surface area contributed by atoms with Gasteiger partial charge in [-0.2, -0.15) is 0 Å². The van der Waals surface area contributed by atoms with Crippen molar-refractivity contribution in [2.45, 2.75) is 18.9 Å². The molecule has 84 valence electrons. The molecule has 0 radical (unpaired) electrons. The van der Waals surface area contributed by atoms with Crippen LogP contribution in [0.1, 0.15) is 23.2 Å². The predicted octanol–water partition coefficient (Wildman–Crippen LogP) is 2.54. The summed E-state index contributed by atoms with van der Waals surface area (Å²) >= 11 is 0. The van der Waals surface area contributed by atoms with Crippen LogP contribution in [0.25, 0.3) is 10.8 Å². The molecule has 17 heavy (non-hydrogen) atoms. The van der Waals surface area contributed by atoms with Gasteiger partial charge in [-0.15, -0.1) is 0 Å². The van der Waals surface area contributed by atoms with E-state index in [1.54, 1.807) is 0 Å². The Balaban J connectivity index is 2.11. The molecular formula is C14H12N2O. The maximum absolute atomic E-state index is 12.4. The van der Waals surface area contributed by atoms with Crippen LogP contribution in [0.15, 0.2) is 30.3 Å². The number of nitrogens with two attached hydrogens (primary N) is 1. The van der Waals surface area contributed by atoms with E-state index in [2.05, 4.69) is 0 Å². The topological polar surface area (TPSA) is 46.3 Å². The predicted molar refractivity (Wildman–Crippen MR) is 68.2 cm³/mol. The highest BCUT2D eigenvalue weighted by Gasteiger charge is 2.39. The number of nitrogen functional groups attached to an aromatic ring is 1. The minimum Gasteiger partial charge on any atom is -0.398 e. The van der Waals surface area contributed by atoms with Crippen LogP contribution >= 0.6 is 0 Å². The molecule has 1 fully saturated rings. The second-order valence-electron chi connectivity index (χ2n) is 4.81. The molecule has 0 aromatic heterocycles. The summed E-state index contributed by atoms with van der Waals surface area (Å²) in [4.78, 5) is 14.3. The molecule has 1 aliphatic heterocycles.